The molecule has 1 saturated heterocycles. The van der Waals surface area contributed by atoms with Crippen molar-refractivity contribution < 1.29 is 14.5 Å². The number of nitro groups is 1. The van der Waals surface area contributed by atoms with Crippen LogP contribution in [-0.2, 0) is 4.79 Å². The summed E-state index contributed by atoms with van der Waals surface area (Å²) in [6.45, 7) is 2.46. The summed E-state index contributed by atoms with van der Waals surface area (Å²) in [6, 6.07) is 2.85. The van der Waals surface area contributed by atoms with Gasteiger partial charge in [-0.1, -0.05) is 0 Å². The van der Waals surface area contributed by atoms with Gasteiger partial charge in [-0.15, -0.1) is 0 Å². The first kappa shape index (κ1) is 15.0. The normalized spacial score (nSPS) is 15.8. The van der Waals surface area contributed by atoms with E-state index in [9.17, 15) is 14.9 Å². The third-order valence-corrected chi connectivity index (χ3v) is 3.29. The molecule has 0 saturated carbocycles. The summed E-state index contributed by atoms with van der Waals surface area (Å²) in [6.07, 6.45) is 0. The maximum absolute atomic E-state index is 11.1. The molecule has 0 spiro atoms. The van der Waals surface area contributed by atoms with Crippen LogP contribution >= 0.6 is 0 Å². The molecule has 9 heteroatoms. The number of aromatic nitrogens is 1. The third-order valence-electron chi connectivity index (χ3n) is 3.29. The Kier molecular flexibility index (Phi) is 4.53. The smallest absolute Gasteiger partial charge is 0.311 e. The van der Waals surface area contributed by atoms with E-state index in [1.165, 1.54) is 19.2 Å². The molecule has 1 aromatic heterocycles. The quantitative estimate of drug-likeness (QED) is 0.580. The largest absolute Gasteiger partial charge is 0.481 e. The van der Waals surface area contributed by atoms with Crippen LogP contribution in [0.5, 0.6) is 5.88 Å². The highest BCUT2D eigenvalue weighted by Gasteiger charge is 2.26. The van der Waals surface area contributed by atoms with Gasteiger partial charge < -0.3 is 15.4 Å². The number of anilines is 1. The van der Waals surface area contributed by atoms with Crippen LogP contribution in [0.25, 0.3) is 0 Å². The molecule has 0 atom stereocenters. The van der Waals surface area contributed by atoms with Gasteiger partial charge in [-0.05, 0) is 0 Å². The van der Waals surface area contributed by atoms with Crippen molar-refractivity contribution >= 4 is 17.4 Å². The summed E-state index contributed by atoms with van der Waals surface area (Å²) in [4.78, 5) is 29.4. The number of rotatable bonds is 5. The number of ether oxygens (including phenoxy) is 1. The summed E-state index contributed by atoms with van der Waals surface area (Å²) < 4.78 is 5.02. The van der Waals surface area contributed by atoms with Crippen molar-refractivity contribution in [1.29, 1.82) is 0 Å². The van der Waals surface area contributed by atoms with Gasteiger partial charge in [-0.3, -0.25) is 19.8 Å². The average Bonchev–Trinajstić information content (AvgIpc) is 2.46. The van der Waals surface area contributed by atoms with Gasteiger partial charge in [-0.2, -0.15) is 4.98 Å². The number of hydrogen-bond donors (Lipinski definition) is 1. The Bertz CT molecular complexity index is 542. The molecular weight excluding hydrogens is 278 g/mol. The average molecular weight is 295 g/mol. The van der Waals surface area contributed by atoms with Crippen molar-refractivity contribution in [3.05, 3.63) is 22.2 Å². The van der Waals surface area contributed by atoms with E-state index in [1.807, 2.05) is 9.80 Å². The number of amides is 1. The van der Waals surface area contributed by atoms with Crippen LogP contribution in [-0.4, -0.2) is 60.5 Å². The summed E-state index contributed by atoms with van der Waals surface area (Å²) in [5, 5.41) is 11.1. The van der Waals surface area contributed by atoms with Crippen LogP contribution in [0.4, 0.5) is 11.5 Å². The van der Waals surface area contributed by atoms with Crippen molar-refractivity contribution in [1.82, 2.24) is 9.88 Å². The lowest BCUT2D eigenvalue weighted by Gasteiger charge is -2.34. The third kappa shape index (κ3) is 3.57. The molecule has 9 nitrogen and oxygen atoms in total. The van der Waals surface area contributed by atoms with Gasteiger partial charge >= 0.3 is 5.69 Å². The van der Waals surface area contributed by atoms with Gasteiger partial charge in [0.15, 0.2) is 0 Å². The van der Waals surface area contributed by atoms with Crippen LogP contribution in [0.1, 0.15) is 0 Å². The van der Waals surface area contributed by atoms with E-state index in [1.54, 1.807) is 0 Å². The maximum atomic E-state index is 11.1. The Morgan fingerprint density at radius 2 is 2.10 bits per heavy atom. The molecule has 0 aliphatic carbocycles. The predicted octanol–water partition coefficient (Wildman–Crippen LogP) is -0.394. The van der Waals surface area contributed by atoms with Crippen LogP contribution in [0.3, 0.4) is 0 Å². The lowest BCUT2D eigenvalue weighted by atomic mass is 10.2. The molecule has 1 aromatic rings. The van der Waals surface area contributed by atoms with Crippen LogP contribution in [0.2, 0.25) is 0 Å². The Labute approximate surface area is 121 Å². The molecule has 2 rings (SSSR count). The molecule has 0 aromatic carbocycles. The number of pyridine rings is 1. The minimum atomic E-state index is -0.461. The number of carbonyl (C=O) groups excluding carboxylic acids is 1. The summed E-state index contributed by atoms with van der Waals surface area (Å²) in [5.74, 6) is 0.238. The first-order chi connectivity index (χ1) is 10.0. The Morgan fingerprint density at radius 3 is 2.62 bits per heavy atom. The molecular formula is C12H17N5O4. The summed E-state index contributed by atoms with van der Waals surface area (Å²) in [7, 11) is 1.46. The number of nitrogens with two attached hydrogens (primary N) is 1. The molecule has 0 bridgehead atoms. The first-order valence-corrected chi connectivity index (χ1v) is 6.46. The highest BCUT2D eigenvalue weighted by Crippen LogP contribution is 2.29. The van der Waals surface area contributed by atoms with Crippen LogP contribution in [0, 0.1) is 10.1 Å². The summed E-state index contributed by atoms with van der Waals surface area (Å²) >= 11 is 0. The fraction of sp³-hybridized carbons (Fsp3) is 0.500. The highest BCUT2D eigenvalue weighted by molar-refractivity contribution is 5.76. The molecule has 1 fully saturated rings. The monoisotopic (exact) mass is 295 g/mol. The second-order valence-electron chi connectivity index (χ2n) is 4.68. The van der Waals surface area contributed by atoms with Crippen molar-refractivity contribution in [3.8, 4) is 5.88 Å². The van der Waals surface area contributed by atoms with Crippen molar-refractivity contribution in [3.63, 3.8) is 0 Å². The Hall–Kier alpha value is -2.42. The maximum Gasteiger partial charge on any atom is 0.311 e. The molecule has 1 amide bonds. The molecule has 0 radical (unpaired) electrons. The van der Waals surface area contributed by atoms with Gasteiger partial charge in [0.1, 0.15) is 0 Å². The van der Waals surface area contributed by atoms with Gasteiger partial charge in [0.05, 0.1) is 18.6 Å². The second kappa shape index (κ2) is 6.35. The van der Waals surface area contributed by atoms with Gasteiger partial charge in [0, 0.05) is 38.3 Å². The zero-order valence-electron chi connectivity index (χ0n) is 11.7. The highest BCUT2D eigenvalue weighted by atomic mass is 16.6. The van der Waals surface area contributed by atoms with Gasteiger partial charge in [-0.25, -0.2) is 0 Å². The van der Waals surface area contributed by atoms with E-state index in [2.05, 4.69) is 4.98 Å². The molecule has 0 unspecified atom stereocenters. The molecule has 1 aliphatic rings. The standard InChI is InChI=1S/C12H17N5O4/c1-21-11-3-2-9(17(19)20)12(14-11)16-6-4-15(5-7-16)8-10(13)18/h2-3H,4-8H2,1H3,(H2,13,18). The van der Waals surface area contributed by atoms with Gasteiger partial charge in [0.2, 0.25) is 17.6 Å². The topological polar surface area (TPSA) is 115 Å². The zero-order chi connectivity index (χ0) is 15.4. The van der Waals surface area contributed by atoms with Crippen molar-refractivity contribution in [2.75, 3.05) is 44.7 Å². The number of methoxy groups -OCH3 is 1. The lowest BCUT2D eigenvalue weighted by Crippen LogP contribution is -2.49. The van der Waals surface area contributed by atoms with E-state index in [-0.39, 0.29) is 24.0 Å². The number of hydrogen-bond acceptors (Lipinski definition) is 7. The molecule has 114 valence electrons. The molecule has 2 heterocycles. The van der Waals surface area contributed by atoms with Gasteiger partial charge in [0.25, 0.3) is 0 Å². The SMILES string of the molecule is COc1ccc([N+](=O)[O-])c(N2CCN(CC(N)=O)CC2)n1. The molecule has 2 N–H and O–H groups in total. The number of nitrogens with zero attached hydrogens (tertiary/aromatic N) is 4. The minimum Gasteiger partial charge on any atom is -0.481 e. The Morgan fingerprint density at radius 1 is 1.43 bits per heavy atom. The molecule has 21 heavy (non-hydrogen) atoms. The van der Waals surface area contributed by atoms with Crippen molar-refractivity contribution in [2.45, 2.75) is 0 Å². The first-order valence-electron chi connectivity index (χ1n) is 6.46. The van der Waals surface area contributed by atoms with E-state index in [0.29, 0.717) is 32.1 Å². The number of carbonyl (C=O) groups is 1. The summed E-state index contributed by atoms with van der Waals surface area (Å²) in [5.41, 5.74) is 5.10. The molecule has 1 aliphatic heterocycles. The number of primary amides is 1. The fourth-order valence-corrected chi connectivity index (χ4v) is 2.25. The van der Waals surface area contributed by atoms with E-state index < -0.39 is 4.92 Å². The predicted molar refractivity (Wildman–Crippen MR) is 75.3 cm³/mol. The minimum absolute atomic E-state index is 0.0563. The van der Waals surface area contributed by atoms with Crippen LogP contribution in [0.15, 0.2) is 12.1 Å². The fourth-order valence-electron chi connectivity index (χ4n) is 2.25. The van der Waals surface area contributed by atoms with E-state index in [0.717, 1.165) is 0 Å². The zero-order valence-corrected chi connectivity index (χ0v) is 11.7. The lowest BCUT2D eigenvalue weighted by molar-refractivity contribution is -0.384. The van der Waals surface area contributed by atoms with Crippen LogP contribution < -0.4 is 15.4 Å². The Balaban J connectivity index is 2.15. The van der Waals surface area contributed by atoms with E-state index >= 15 is 0 Å². The van der Waals surface area contributed by atoms with Crippen molar-refractivity contribution in [2.24, 2.45) is 5.73 Å². The van der Waals surface area contributed by atoms with E-state index in [4.69, 9.17) is 10.5 Å². The second-order valence-corrected chi connectivity index (χ2v) is 4.68. The number of piperazine rings is 1.